The lowest BCUT2D eigenvalue weighted by Crippen LogP contribution is -2.37. The first-order chi connectivity index (χ1) is 12.2. The van der Waals surface area contributed by atoms with Gasteiger partial charge in [-0.2, -0.15) is 13.2 Å². The van der Waals surface area contributed by atoms with Crippen LogP contribution in [0, 0.1) is 6.92 Å². The van der Waals surface area contributed by atoms with Crippen molar-refractivity contribution in [1.29, 1.82) is 0 Å². The molecule has 2 aromatic rings. The van der Waals surface area contributed by atoms with E-state index >= 15 is 0 Å². The first-order valence-electron chi connectivity index (χ1n) is 7.78. The van der Waals surface area contributed by atoms with Crippen LogP contribution in [0.25, 0.3) is 0 Å². The molecule has 0 spiro atoms. The number of carbonyl (C=O) groups excluding carboxylic acids is 1. The van der Waals surface area contributed by atoms with Crippen molar-refractivity contribution >= 4 is 11.9 Å². The monoisotopic (exact) mass is 366 g/mol. The number of carboxylic acids is 1. The summed E-state index contributed by atoms with van der Waals surface area (Å²) >= 11 is 0. The van der Waals surface area contributed by atoms with Crippen molar-refractivity contribution < 1.29 is 27.9 Å². The van der Waals surface area contributed by atoms with Crippen molar-refractivity contribution in [3.63, 3.8) is 0 Å². The van der Waals surface area contributed by atoms with E-state index in [1.54, 1.807) is 0 Å². The number of pyridine rings is 1. The standard InChI is InChI=1S/C18H17F3N2O3/c1-12-14(7-8-15(22-12)18(19,20)21)17(26)23(11-16(24)25)10-9-13-5-3-2-4-6-13/h2-8H,9-11H2,1H3,(H,24,25). The Kier molecular flexibility index (Phi) is 5.97. The molecule has 5 nitrogen and oxygen atoms in total. The van der Waals surface area contributed by atoms with Crippen LogP contribution in [-0.2, 0) is 17.4 Å². The van der Waals surface area contributed by atoms with E-state index in [1.807, 2.05) is 30.3 Å². The number of alkyl halides is 3. The third-order valence-electron chi connectivity index (χ3n) is 3.73. The van der Waals surface area contributed by atoms with Crippen molar-refractivity contribution in [2.45, 2.75) is 19.5 Å². The molecule has 1 aromatic carbocycles. The van der Waals surface area contributed by atoms with Gasteiger partial charge in [-0.25, -0.2) is 4.98 Å². The van der Waals surface area contributed by atoms with Gasteiger partial charge in [-0.3, -0.25) is 9.59 Å². The Morgan fingerprint density at radius 1 is 1.12 bits per heavy atom. The number of carbonyl (C=O) groups is 2. The second-order valence-corrected chi connectivity index (χ2v) is 5.68. The lowest BCUT2D eigenvalue weighted by molar-refractivity contribution is -0.141. The van der Waals surface area contributed by atoms with Crippen molar-refractivity contribution in [3.05, 3.63) is 65.0 Å². The number of benzene rings is 1. The predicted molar refractivity (Wildman–Crippen MR) is 87.7 cm³/mol. The number of aliphatic carboxylic acids is 1. The van der Waals surface area contributed by atoms with Crippen LogP contribution in [0.1, 0.15) is 27.3 Å². The third-order valence-corrected chi connectivity index (χ3v) is 3.73. The van der Waals surface area contributed by atoms with Crippen LogP contribution in [-0.4, -0.2) is 40.0 Å². The number of aryl methyl sites for hydroxylation is 1. The van der Waals surface area contributed by atoms with Crippen molar-refractivity contribution in [1.82, 2.24) is 9.88 Å². The minimum absolute atomic E-state index is 0.0488. The molecule has 8 heteroatoms. The zero-order valence-corrected chi connectivity index (χ0v) is 14.0. The maximum atomic E-state index is 12.7. The van der Waals surface area contributed by atoms with Crippen LogP contribution in [0.3, 0.4) is 0 Å². The summed E-state index contributed by atoms with van der Waals surface area (Å²) in [4.78, 5) is 28.2. The van der Waals surface area contributed by atoms with Crippen LogP contribution >= 0.6 is 0 Å². The number of carboxylic acid groups (broad SMARTS) is 1. The quantitative estimate of drug-likeness (QED) is 0.853. The van der Waals surface area contributed by atoms with Crippen molar-refractivity contribution in [3.8, 4) is 0 Å². The lowest BCUT2D eigenvalue weighted by Gasteiger charge is -2.22. The largest absolute Gasteiger partial charge is 0.480 e. The summed E-state index contributed by atoms with van der Waals surface area (Å²) in [6.07, 6.45) is -4.19. The molecular weight excluding hydrogens is 349 g/mol. The third kappa shape index (κ3) is 5.05. The Labute approximate surface area is 148 Å². The van der Waals surface area contributed by atoms with Crippen LogP contribution < -0.4 is 0 Å². The van der Waals surface area contributed by atoms with Crippen LogP contribution in [0.2, 0.25) is 0 Å². The summed E-state index contributed by atoms with van der Waals surface area (Å²) in [5.74, 6) is -1.87. The van der Waals surface area contributed by atoms with Gasteiger partial charge in [-0.05, 0) is 31.0 Å². The highest BCUT2D eigenvalue weighted by Gasteiger charge is 2.33. The van der Waals surface area contributed by atoms with Crippen molar-refractivity contribution in [2.24, 2.45) is 0 Å². The van der Waals surface area contributed by atoms with Gasteiger partial charge >= 0.3 is 12.1 Å². The molecule has 1 amide bonds. The number of halogens is 3. The summed E-state index contributed by atoms with van der Waals surface area (Å²) in [7, 11) is 0. The maximum Gasteiger partial charge on any atom is 0.433 e. The molecule has 0 atom stereocenters. The Balaban J connectivity index is 2.21. The predicted octanol–water partition coefficient (Wildman–Crippen LogP) is 3.18. The van der Waals surface area contributed by atoms with E-state index < -0.39 is 30.3 Å². The fourth-order valence-electron chi connectivity index (χ4n) is 2.44. The molecule has 1 N–H and O–H groups in total. The molecule has 0 bridgehead atoms. The van der Waals surface area contributed by atoms with E-state index in [1.165, 1.54) is 6.92 Å². The minimum Gasteiger partial charge on any atom is -0.480 e. The Bertz CT molecular complexity index is 792. The first-order valence-corrected chi connectivity index (χ1v) is 7.78. The van der Waals surface area contributed by atoms with Gasteiger partial charge in [0.25, 0.3) is 5.91 Å². The summed E-state index contributed by atoms with van der Waals surface area (Å²) in [6.45, 7) is 0.861. The molecule has 2 rings (SSSR count). The number of amides is 1. The molecule has 0 fully saturated rings. The average molecular weight is 366 g/mol. The van der Waals surface area contributed by atoms with E-state index in [0.717, 1.165) is 22.6 Å². The fourth-order valence-corrected chi connectivity index (χ4v) is 2.44. The Morgan fingerprint density at radius 2 is 1.77 bits per heavy atom. The Hall–Kier alpha value is -2.90. The Morgan fingerprint density at radius 3 is 2.31 bits per heavy atom. The first kappa shape index (κ1) is 19.4. The van der Waals surface area contributed by atoms with Gasteiger partial charge in [0.1, 0.15) is 12.2 Å². The number of hydrogen-bond donors (Lipinski definition) is 1. The molecule has 0 saturated heterocycles. The van der Waals surface area contributed by atoms with Gasteiger partial charge in [0.05, 0.1) is 11.3 Å². The van der Waals surface area contributed by atoms with Gasteiger partial charge in [-0.15, -0.1) is 0 Å². The van der Waals surface area contributed by atoms with Gasteiger partial charge in [0, 0.05) is 6.54 Å². The molecule has 1 heterocycles. The second-order valence-electron chi connectivity index (χ2n) is 5.68. The highest BCUT2D eigenvalue weighted by atomic mass is 19.4. The molecule has 1 aromatic heterocycles. The fraction of sp³-hybridized carbons (Fsp3) is 0.278. The highest BCUT2D eigenvalue weighted by molar-refractivity contribution is 5.96. The van der Waals surface area contributed by atoms with Gasteiger partial charge in [-0.1, -0.05) is 30.3 Å². The molecule has 0 saturated carbocycles. The summed E-state index contributed by atoms with van der Waals surface area (Å²) in [6, 6.07) is 10.9. The normalized spacial score (nSPS) is 11.2. The number of rotatable bonds is 6. The summed E-state index contributed by atoms with van der Waals surface area (Å²) in [5, 5.41) is 9.04. The smallest absolute Gasteiger partial charge is 0.433 e. The molecule has 0 unspecified atom stereocenters. The van der Waals surface area contributed by atoms with E-state index in [9.17, 15) is 22.8 Å². The lowest BCUT2D eigenvalue weighted by atomic mass is 10.1. The molecular formula is C18H17F3N2O3. The van der Waals surface area contributed by atoms with Crippen LogP contribution in [0.5, 0.6) is 0 Å². The topological polar surface area (TPSA) is 70.5 Å². The SMILES string of the molecule is Cc1nc(C(F)(F)F)ccc1C(=O)N(CCc1ccccc1)CC(=O)O. The number of hydrogen-bond acceptors (Lipinski definition) is 3. The molecule has 0 aliphatic rings. The zero-order chi connectivity index (χ0) is 19.3. The summed E-state index contributed by atoms with van der Waals surface area (Å²) in [5.41, 5.74) is -0.328. The zero-order valence-electron chi connectivity index (χ0n) is 14.0. The number of nitrogens with zero attached hydrogens (tertiary/aromatic N) is 2. The molecule has 138 valence electrons. The van der Waals surface area contributed by atoms with E-state index in [0.29, 0.717) is 6.42 Å². The van der Waals surface area contributed by atoms with Crippen molar-refractivity contribution in [2.75, 3.05) is 13.1 Å². The average Bonchev–Trinajstić information content (AvgIpc) is 2.57. The van der Waals surface area contributed by atoms with Gasteiger partial charge in [0.15, 0.2) is 0 Å². The van der Waals surface area contributed by atoms with E-state index in [-0.39, 0.29) is 17.8 Å². The van der Waals surface area contributed by atoms with Crippen LogP contribution in [0.15, 0.2) is 42.5 Å². The number of aromatic nitrogens is 1. The molecule has 26 heavy (non-hydrogen) atoms. The van der Waals surface area contributed by atoms with Gasteiger partial charge < -0.3 is 10.0 Å². The highest BCUT2D eigenvalue weighted by Crippen LogP contribution is 2.28. The minimum atomic E-state index is -4.61. The van der Waals surface area contributed by atoms with Gasteiger partial charge in [0.2, 0.25) is 0 Å². The molecule has 0 aliphatic carbocycles. The molecule has 0 radical (unpaired) electrons. The second kappa shape index (κ2) is 7.99. The summed E-state index contributed by atoms with van der Waals surface area (Å²) < 4.78 is 38.1. The van der Waals surface area contributed by atoms with E-state index in [2.05, 4.69) is 4.98 Å². The van der Waals surface area contributed by atoms with Crippen LogP contribution in [0.4, 0.5) is 13.2 Å². The van der Waals surface area contributed by atoms with E-state index in [4.69, 9.17) is 5.11 Å². The maximum absolute atomic E-state index is 12.7. The molecule has 0 aliphatic heterocycles.